The summed E-state index contributed by atoms with van der Waals surface area (Å²) in [7, 11) is 0. The molecule has 0 radical (unpaired) electrons. The van der Waals surface area contributed by atoms with Crippen molar-refractivity contribution in [3.8, 4) is 0 Å². The van der Waals surface area contributed by atoms with Crippen LogP contribution in [0.5, 0.6) is 0 Å². The summed E-state index contributed by atoms with van der Waals surface area (Å²) in [5, 5.41) is 5.87. The Morgan fingerprint density at radius 1 is 1.20 bits per heavy atom. The molecule has 0 atom stereocenters. The highest BCUT2D eigenvalue weighted by molar-refractivity contribution is 9.10. The average Bonchev–Trinajstić information content (AvgIpc) is 2.41. The minimum atomic E-state index is -0.243. The fourth-order valence-corrected chi connectivity index (χ4v) is 1.92. The second-order valence-corrected chi connectivity index (χ2v) is 5.38. The second kappa shape index (κ2) is 6.47. The molecule has 0 spiro atoms. The van der Waals surface area contributed by atoms with Gasteiger partial charge in [0.1, 0.15) is 0 Å². The van der Waals surface area contributed by atoms with Gasteiger partial charge in [0, 0.05) is 22.9 Å². The van der Waals surface area contributed by atoms with Crippen molar-refractivity contribution in [1.82, 2.24) is 9.97 Å². The van der Waals surface area contributed by atoms with E-state index in [0.29, 0.717) is 17.2 Å². The number of nitrogens with one attached hydrogen (secondary N) is 2. The van der Waals surface area contributed by atoms with Crippen LogP contribution < -0.4 is 10.6 Å². The summed E-state index contributed by atoms with van der Waals surface area (Å²) in [6.07, 6.45) is 3.01. The number of benzene rings is 1. The first-order valence-corrected chi connectivity index (χ1v) is 7.00. The molecule has 0 fully saturated rings. The van der Waals surface area contributed by atoms with Crippen LogP contribution in [0.2, 0.25) is 0 Å². The Labute approximate surface area is 126 Å². The van der Waals surface area contributed by atoms with Gasteiger partial charge in [0.2, 0.25) is 5.95 Å². The monoisotopic (exact) mass is 334 g/mol. The molecule has 2 rings (SSSR count). The molecule has 6 heteroatoms. The number of carbonyl (C=O) groups is 1. The van der Waals surface area contributed by atoms with E-state index in [1.165, 1.54) is 12.4 Å². The summed E-state index contributed by atoms with van der Waals surface area (Å²) in [6, 6.07) is 7.66. The summed E-state index contributed by atoms with van der Waals surface area (Å²) in [6.45, 7) is 3.99. The minimum absolute atomic E-state index is 0.243. The van der Waals surface area contributed by atoms with Gasteiger partial charge in [-0.15, -0.1) is 0 Å². The highest BCUT2D eigenvalue weighted by Crippen LogP contribution is 2.21. The lowest BCUT2D eigenvalue weighted by Gasteiger charge is -2.09. The standard InChI is InChI=1S/C14H15BrN4O/c1-9(2)18-14-16-7-10(8-17-14)13(20)19-12-6-4-3-5-11(12)15/h3-9H,1-2H3,(H,19,20)(H,16,17,18). The quantitative estimate of drug-likeness (QED) is 0.900. The Kier molecular flexibility index (Phi) is 4.68. The van der Waals surface area contributed by atoms with Crippen LogP contribution in [-0.2, 0) is 0 Å². The van der Waals surface area contributed by atoms with Crippen LogP contribution in [0.25, 0.3) is 0 Å². The molecule has 1 aromatic heterocycles. The molecule has 0 aliphatic rings. The average molecular weight is 335 g/mol. The third kappa shape index (κ3) is 3.77. The van der Waals surface area contributed by atoms with Gasteiger partial charge in [-0.05, 0) is 41.9 Å². The highest BCUT2D eigenvalue weighted by Gasteiger charge is 2.09. The van der Waals surface area contributed by atoms with E-state index in [1.807, 2.05) is 38.1 Å². The zero-order valence-corrected chi connectivity index (χ0v) is 12.8. The predicted molar refractivity (Wildman–Crippen MR) is 82.9 cm³/mol. The molecule has 0 saturated heterocycles. The first-order chi connectivity index (χ1) is 9.56. The van der Waals surface area contributed by atoms with Crippen LogP contribution in [0.4, 0.5) is 11.6 Å². The topological polar surface area (TPSA) is 66.9 Å². The van der Waals surface area contributed by atoms with Gasteiger partial charge in [0.05, 0.1) is 11.3 Å². The molecule has 2 aromatic rings. The van der Waals surface area contributed by atoms with Crippen molar-refractivity contribution >= 4 is 33.5 Å². The van der Waals surface area contributed by atoms with Gasteiger partial charge in [-0.3, -0.25) is 4.79 Å². The van der Waals surface area contributed by atoms with Crippen molar-refractivity contribution in [1.29, 1.82) is 0 Å². The number of hydrogen-bond donors (Lipinski definition) is 2. The number of hydrogen-bond acceptors (Lipinski definition) is 4. The number of rotatable bonds is 4. The SMILES string of the molecule is CC(C)Nc1ncc(C(=O)Nc2ccccc2Br)cn1. The van der Waals surface area contributed by atoms with Gasteiger partial charge < -0.3 is 10.6 Å². The van der Waals surface area contributed by atoms with Gasteiger partial charge in [0.15, 0.2) is 0 Å². The molecule has 0 saturated carbocycles. The number of halogens is 1. The minimum Gasteiger partial charge on any atom is -0.352 e. The zero-order chi connectivity index (χ0) is 14.5. The predicted octanol–water partition coefficient (Wildman–Crippen LogP) is 3.31. The molecular formula is C14H15BrN4O. The third-order valence-corrected chi connectivity index (χ3v) is 3.15. The van der Waals surface area contributed by atoms with Crippen LogP contribution in [-0.4, -0.2) is 21.9 Å². The third-order valence-electron chi connectivity index (χ3n) is 2.45. The van der Waals surface area contributed by atoms with Crippen molar-refractivity contribution in [2.45, 2.75) is 19.9 Å². The smallest absolute Gasteiger partial charge is 0.258 e. The van der Waals surface area contributed by atoms with E-state index < -0.39 is 0 Å². The number of carbonyl (C=O) groups excluding carboxylic acids is 1. The van der Waals surface area contributed by atoms with Gasteiger partial charge in [0.25, 0.3) is 5.91 Å². The summed E-state index contributed by atoms with van der Waals surface area (Å²) in [5.74, 6) is 0.269. The molecule has 0 unspecified atom stereocenters. The van der Waals surface area contributed by atoms with E-state index in [-0.39, 0.29) is 11.9 Å². The molecule has 0 aliphatic carbocycles. The Morgan fingerprint density at radius 2 is 1.85 bits per heavy atom. The van der Waals surface area contributed by atoms with Gasteiger partial charge in [-0.1, -0.05) is 12.1 Å². The van der Waals surface area contributed by atoms with Crippen LogP contribution >= 0.6 is 15.9 Å². The van der Waals surface area contributed by atoms with Crippen LogP contribution in [0.15, 0.2) is 41.1 Å². The van der Waals surface area contributed by atoms with Crippen LogP contribution in [0.1, 0.15) is 24.2 Å². The molecule has 104 valence electrons. The summed E-state index contributed by atoms with van der Waals surface area (Å²) >= 11 is 3.38. The molecule has 0 aliphatic heterocycles. The Bertz CT molecular complexity index is 598. The summed E-state index contributed by atoms with van der Waals surface area (Å²) in [4.78, 5) is 20.3. The van der Waals surface area contributed by atoms with Crippen molar-refractivity contribution in [3.05, 3.63) is 46.7 Å². The van der Waals surface area contributed by atoms with Crippen LogP contribution in [0, 0.1) is 0 Å². The second-order valence-electron chi connectivity index (χ2n) is 4.53. The van der Waals surface area contributed by atoms with E-state index in [2.05, 4.69) is 36.5 Å². The lowest BCUT2D eigenvalue weighted by Crippen LogP contribution is -2.15. The van der Waals surface area contributed by atoms with Crippen molar-refractivity contribution in [2.24, 2.45) is 0 Å². The van der Waals surface area contributed by atoms with Gasteiger partial charge >= 0.3 is 0 Å². The molecule has 1 heterocycles. The first kappa shape index (κ1) is 14.5. The first-order valence-electron chi connectivity index (χ1n) is 6.20. The van der Waals surface area contributed by atoms with E-state index >= 15 is 0 Å². The van der Waals surface area contributed by atoms with Crippen molar-refractivity contribution in [2.75, 3.05) is 10.6 Å². The molecule has 1 amide bonds. The number of anilines is 2. The van der Waals surface area contributed by atoms with Gasteiger partial charge in [-0.2, -0.15) is 0 Å². The maximum absolute atomic E-state index is 12.1. The van der Waals surface area contributed by atoms with E-state index in [4.69, 9.17) is 0 Å². The largest absolute Gasteiger partial charge is 0.352 e. The summed E-state index contributed by atoms with van der Waals surface area (Å²) in [5.41, 5.74) is 1.12. The lowest BCUT2D eigenvalue weighted by atomic mass is 10.3. The Hall–Kier alpha value is -1.95. The molecule has 5 nitrogen and oxygen atoms in total. The van der Waals surface area contributed by atoms with Crippen LogP contribution in [0.3, 0.4) is 0 Å². The van der Waals surface area contributed by atoms with Crippen molar-refractivity contribution in [3.63, 3.8) is 0 Å². The fraction of sp³-hybridized carbons (Fsp3) is 0.214. The zero-order valence-electron chi connectivity index (χ0n) is 11.2. The number of aromatic nitrogens is 2. The number of para-hydroxylation sites is 1. The normalized spacial score (nSPS) is 10.4. The van der Waals surface area contributed by atoms with E-state index in [0.717, 1.165) is 4.47 Å². The van der Waals surface area contributed by atoms with E-state index in [1.54, 1.807) is 0 Å². The number of nitrogens with zero attached hydrogens (tertiary/aromatic N) is 2. The molecule has 0 bridgehead atoms. The Balaban J connectivity index is 2.08. The summed E-state index contributed by atoms with van der Waals surface area (Å²) < 4.78 is 0.826. The highest BCUT2D eigenvalue weighted by atomic mass is 79.9. The molecular weight excluding hydrogens is 320 g/mol. The van der Waals surface area contributed by atoms with E-state index in [9.17, 15) is 4.79 Å². The lowest BCUT2D eigenvalue weighted by molar-refractivity contribution is 0.102. The van der Waals surface area contributed by atoms with Crippen molar-refractivity contribution < 1.29 is 4.79 Å². The maximum atomic E-state index is 12.1. The maximum Gasteiger partial charge on any atom is 0.258 e. The number of amides is 1. The molecule has 20 heavy (non-hydrogen) atoms. The van der Waals surface area contributed by atoms with Gasteiger partial charge in [-0.25, -0.2) is 9.97 Å². The Morgan fingerprint density at radius 3 is 2.45 bits per heavy atom. The molecule has 1 aromatic carbocycles. The molecule has 2 N–H and O–H groups in total. The fourth-order valence-electron chi connectivity index (χ4n) is 1.54.